The quantitative estimate of drug-likeness (QED) is 0.688. The minimum absolute atomic E-state index is 0.0191. The van der Waals surface area contributed by atoms with Crippen molar-refractivity contribution in [2.45, 2.75) is 25.6 Å². The molecule has 28 heavy (non-hydrogen) atoms. The van der Waals surface area contributed by atoms with Gasteiger partial charge in [-0.15, -0.1) is 13.2 Å². The Balaban J connectivity index is 1.83. The molecule has 0 saturated carbocycles. The van der Waals surface area contributed by atoms with Gasteiger partial charge < -0.3 is 14.4 Å². The van der Waals surface area contributed by atoms with Gasteiger partial charge in [-0.2, -0.15) is 13.2 Å². The number of hydrogen-bond acceptors (Lipinski definition) is 3. The number of rotatable bonds is 4. The predicted octanol–water partition coefficient (Wildman–Crippen LogP) is 4.77. The second kappa shape index (κ2) is 6.92. The molecule has 0 bridgehead atoms. The van der Waals surface area contributed by atoms with Crippen molar-refractivity contribution in [2.24, 2.45) is 0 Å². The Morgan fingerprint density at radius 1 is 1.00 bits per heavy atom. The standard InChI is InChI=1S/C18H13F6NO3/c1-27-13-6-11-9-25(16(26)15(11)14(7-13)17(19,20)21)8-10-2-4-12(5-3-10)28-18(22,23)24/h2-7H,8-9H2,1H3. The van der Waals surface area contributed by atoms with Gasteiger partial charge in [0.25, 0.3) is 5.91 Å². The van der Waals surface area contributed by atoms with Gasteiger partial charge in [-0.25, -0.2) is 0 Å². The summed E-state index contributed by atoms with van der Waals surface area (Å²) in [6.45, 7) is -0.144. The summed E-state index contributed by atoms with van der Waals surface area (Å²) in [5.41, 5.74) is -0.904. The number of alkyl halides is 6. The Bertz CT molecular complexity index is 890. The van der Waals surface area contributed by atoms with E-state index in [1.54, 1.807) is 0 Å². The average molecular weight is 405 g/mol. The fourth-order valence-corrected chi connectivity index (χ4v) is 2.97. The third-order valence-corrected chi connectivity index (χ3v) is 4.13. The Labute approximate surface area is 155 Å². The van der Waals surface area contributed by atoms with Gasteiger partial charge in [-0.05, 0) is 35.4 Å². The molecular formula is C18H13F6NO3. The topological polar surface area (TPSA) is 38.8 Å². The number of carbonyl (C=O) groups excluding carboxylic acids is 1. The zero-order valence-electron chi connectivity index (χ0n) is 14.3. The molecule has 4 nitrogen and oxygen atoms in total. The number of amides is 1. The van der Waals surface area contributed by atoms with Gasteiger partial charge in [-0.1, -0.05) is 12.1 Å². The lowest BCUT2D eigenvalue weighted by Gasteiger charge is -2.17. The summed E-state index contributed by atoms with van der Waals surface area (Å²) >= 11 is 0. The second-order valence-electron chi connectivity index (χ2n) is 6.06. The summed E-state index contributed by atoms with van der Waals surface area (Å²) in [5.74, 6) is -1.26. The molecule has 1 heterocycles. The zero-order valence-corrected chi connectivity index (χ0v) is 14.3. The highest BCUT2D eigenvalue weighted by Crippen LogP contribution is 2.40. The zero-order chi connectivity index (χ0) is 20.7. The summed E-state index contributed by atoms with van der Waals surface area (Å²) in [6.07, 6.45) is -9.57. The van der Waals surface area contributed by atoms with Crippen LogP contribution in [0.3, 0.4) is 0 Å². The number of fused-ring (bicyclic) bond motifs is 1. The van der Waals surface area contributed by atoms with Crippen LogP contribution in [0.2, 0.25) is 0 Å². The van der Waals surface area contributed by atoms with E-state index in [0.717, 1.165) is 18.2 Å². The van der Waals surface area contributed by atoms with Crippen LogP contribution in [-0.2, 0) is 19.3 Å². The molecule has 0 aromatic heterocycles. The highest BCUT2D eigenvalue weighted by atomic mass is 19.4. The molecule has 1 amide bonds. The van der Waals surface area contributed by atoms with E-state index < -0.39 is 35.3 Å². The van der Waals surface area contributed by atoms with E-state index in [-0.39, 0.29) is 24.4 Å². The van der Waals surface area contributed by atoms with Crippen LogP contribution in [0.25, 0.3) is 0 Å². The van der Waals surface area contributed by atoms with E-state index in [2.05, 4.69) is 4.74 Å². The Morgan fingerprint density at radius 3 is 2.18 bits per heavy atom. The van der Waals surface area contributed by atoms with Gasteiger partial charge in [0.05, 0.1) is 18.2 Å². The lowest BCUT2D eigenvalue weighted by molar-refractivity contribution is -0.274. The minimum Gasteiger partial charge on any atom is -0.497 e. The maximum atomic E-state index is 13.3. The van der Waals surface area contributed by atoms with E-state index in [1.165, 1.54) is 30.2 Å². The van der Waals surface area contributed by atoms with Crippen molar-refractivity contribution < 1.29 is 40.6 Å². The van der Waals surface area contributed by atoms with Crippen LogP contribution in [0.1, 0.15) is 27.0 Å². The predicted molar refractivity (Wildman–Crippen MR) is 84.7 cm³/mol. The number of benzene rings is 2. The summed E-state index contributed by atoms with van der Waals surface area (Å²) in [6, 6.07) is 6.89. The summed E-state index contributed by atoms with van der Waals surface area (Å²) in [4.78, 5) is 13.7. The van der Waals surface area contributed by atoms with Crippen LogP contribution in [-0.4, -0.2) is 24.3 Å². The molecule has 10 heteroatoms. The monoisotopic (exact) mass is 405 g/mol. The smallest absolute Gasteiger partial charge is 0.497 e. The molecule has 0 unspecified atom stereocenters. The van der Waals surface area contributed by atoms with E-state index in [9.17, 15) is 31.1 Å². The SMILES string of the molecule is COc1cc2c(c(C(F)(F)F)c1)C(=O)N(Cc1ccc(OC(F)(F)F)cc1)C2. The third kappa shape index (κ3) is 4.15. The molecule has 1 aliphatic rings. The van der Waals surface area contributed by atoms with E-state index in [4.69, 9.17) is 4.74 Å². The van der Waals surface area contributed by atoms with Crippen molar-refractivity contribution in [3.05, 3.63) is 58.7 Å². The van der Waals surface area contributed by atoms with E-state index in [0.29, 0.717) is 5.56 Å². The van der Waals surface area contributed by atoms with Gasteiger partial charge in [0.15, 0.2) is 0 Å². The first-order chi connectivity index (χ1) is 13.0. The number of ether oxygens (including phenoxy) is 2. The van der Waals surface area contributed by atoms with Crippen LogP contribution in [0.4, 0.5) is 26.3 Å². The highest BCUT2D eigenvalue weighted by Gasteiger charge is 2.41. The minimum atomic E-state index is -4.83. The molecular weight excluding hydrogens is 392 g/mol. The lowest BCUT2D eigenvalue weighted by Crippen LogP contribution is -2.24. The Morgan fingerprint density at radius 2 is 1.64 bits per heavy atom. The molecule has 0 atom stereocenters. The number of nitrogens with zero attached hydrogens (tertiary/aromatic N) is 1. The van der Waals surface area contributed by atoms with Crippen molar-refractivity contribution >= 4 is 5.91 Å². The molecule has 0 N–H and O–H groups in total. The van der Waals surface area contributed by atoms with Gasteiger partial charge in [0.2, 0.25) is 0 Å². The van der Waals surface area contributed by atoms with Crippen LogP contribution < -0.4 is 9.47 Å². The molecule has 3 rings (SSSR count). The average Bonchev–Trinajstić information content (AvgIpc) is 2.89. The number of methoxy groups -OCH3 is 1. The van der Waals surface area contributed by atoms with Gasteiger partial charge >= 0.3 is 12.5 Å². The highest BCUT2D eigenvalue weighted by molar-refractivity contribution is 6.00. The lowest BCUT2D eigenvalue weighted by atomic mass is 10.0. The Kier molecular flexibility index (Phi) is 4.90. The first kappa shape index (κ1) is 19.8. The van der Waals surface area contributed by atoms with E-state index in [1.807, 2.05) is 0 Å². The molecule has 1 aliphatic heterocycles. The number of carbonyl (C=O) groups is 1. The second-order valence-corrected chi connectivity index (χ2v) is 6.06. The first-order valence-corrected chi connectivity index (χ1v) is 7.90. The fraction of sp³-hybridized carbons (Fsp3) is 0.278. The first-order valence-electron chi connectivity index (χ1n) is 7.90. The van der Waals surface area contributed by atoms with Crippen molar-refractivity contribution in [3.8, 4) is 11.5 Å². The molecule has 2 aromatic rings. The van der Waals surface area contributed by atoms with E-state index >= 15 is 0 Å². The summed E-state index contributed by atoms with van der Waals surface area (Å²) < 4.78 is 85.2. The molecule has 0 spiro atoms. The molecule has 150 valence electrons. The van der Waals surface area contributed by atoms with Crippen molar-refractivity contribution in [1.29, 1.82) is 0 Å². The summed E-state index contributed by atoms with van der Waals surface area (Å²) in [7, 11) is 1.22. The fourth-order valence-electron chi connectivity index (χ4n) is 2.97. The maximum absolute atomic E-state index is 13.3. The van der Waals surface area contributed by atoms with Crippen molar-refractivity contribution in [3.63, 3.8) is 0 Å². The number of halogens is 6. The molecule has 0 aliphatic carbocycles. The van der Waals surface area contributed by atoms with Gasteiger partial charge in [0.1, 0.15) is 11.5 Å². The molecule has 2 aromatic carbocycles. The van der Waals surface area contributed by atoms with Gasteiger partial charge in [-0.3, -0.25) is 4.79 Å². The Hall–Kier alpha value is -2.91. The largest absolute Gasteiger partial charge is 0.573 e. The number of hydrogen-bond donors (Lipinski definition) is 0. The van der Waals surface area contributed by atoms with Crippen LogP contribution in [0, 0.1) is 0 Å². The normalized spacial score (nSPS) is 14.2. The van der Waals surface area contributed by atoms with Crippen molar-refractivity contribution in [1.82, 2.24) is 4.90 Å². The van der Waals surface area contributed by atoms with Crippen LogP contribution in [0.15, 0.2) is 36.4 Å². The molecule has 0 saturated heterocycles. The third-order valence-electron chi connectivity index (χ3n) is 4.13. The van der Waals surface area contributed by atoms with Crippen LogP contribution in [0.5, 0.6) is 11.5 Å². The van der Waals surface area contributed by atoms with Crippen LogP contribution >= 0.6 is 0 Å². The van der Waals surface area contributed by atoms with Crippen molar-refractivity contribution in [2.75, 3.05) is 7.11 Å². The van der Waals surface area contributed by atoms with Gasteiger partial charge in [0, 0.05) is 13.1 Å². The maximum Gasteiger partial charge on any atom is 0.573 e. The summed E-state index contributed by atoms with van der Waals surface area (Å²) in [5, 5.41) is 0. The molecule has 0 fully saturated rings. The molecule has 0 radical (unpaired) electrons.